The summed E-state index contributed by atoms with van der Waals surface area (Å²) in [5, 5.41) is 8.89. The minimum absolute atomic E-state index is 0. The van der Waals surface area contributed by atoms with Gasteiger partial charge in [-0.3, -0.25) is 0 Å². The first kappa shape index (κ1) is 8.43. The molecule has 0 amide bonds. The lowest BCUT2D eigenvalue weighted by Crippen LogP contribution is -3.00. The molecule has 0 saturated carbocycles. The van der Waals surface area contributed by atoms with Crippen molar-refractivity contribution in [3.05, 3.63) is 24.0 Å². The smallest absolute Gasteiger partial charge is 0.218 e. The van der Waals surface area contributed by atoms with Gasteiger partial charge in [0.2, 0.25) is 5.69 Å². The Kier molecular flexibility index (Phi) is 3.24. The van der Waals surface area contributed by atoms with Gasteiger partial charge in [0.1, 0.15) is 0 Å². The van der Waals surface area contributed by atoms with E-state index in [0.29, 0.717) is 5.75 Å². The second-order valence-electron chi connectivity index (χ2n) is 1.68. The highest BCUT2D eigenvalue weighted by Gasteiger charge is 1.96. The molecule has 0 atom stereocenters. The van der Waals surface area contributed by atoms with E-state index in [1.54, 1.807) is 18.3 Å². The highest BCUT2D eigenvalue weighted by molar-refractivity contribution is 5.18. The van der Waals surface area contributed by atoms with Crippen molar-refractivity contribution in [2.24, 2.45) is 0 Å². The summed E-state index contributed by atoms with van der Waals surface area (Å²) >= 11 is 0. The fourth-order valence-electron chi connectivity index (χ4n) is 0.511. The normalized spacial score (nSPS) is 8.11. The first-order chi connectivity index (χ1) is 3.80. The van der Waals surface area contributed by atoms with Gasteiger partial charge in [0.05, 0.1) is 0 Å². The third-order valence-corrected chi connectivity index (χ3v) is 1.03. The number of aryl methyl sites for hydroxylation is 1. The van der Waals surface area contributed by atoms with Gasteiger partial charge in [-0.2, -0.15) is 0 Å². The van der Waals surface area contributed by atoms with Crippen LogP contribution in [-0.2, 0) is 0 Å². The Labute approximate surface area is 64.3 Å². The molecule has 0 aliphatic carbocycles. The molecule has 0 fully saturated rings. The van der Waals surface area contributed by atoms with Gasteiger partial charge in [0, 0.05) is 13.0 Å². The van der Waals surface area contributed by atoms with E-state index in [9.17, 15) is 0 Å². The number of hydrogen-bond donors (Lipinski definition) is 1. The van der Waals surface area contributed by atoms with Gasteiger partial charge in [-0.25, -0.2) is 4.98 Å². The fraction of sp³-hybridized carbons (Fsp3) is 0.167. The fourth-order valence-corrected chi connectivity index (χ4v) is 0.511. The molecular formula is C6H8BrNO. The molecule has 0 bridgehead atoms. The highest BCUT2D eigenvalue weighted by Crippen LogP contribution is 2.05. The SMILES string of the molecule is Cc1[nH+]cccc1O.[Br-]. The Bertz CT molecular complexity index is 169. The van der Waals surface area contributed by atoms with Crippen LogP contribution in [0.5, 0.6) is 5.75 Å². The van der Waals surface area contributed by atoms with Crippen molar-refractivity contribution in [1.82, 2.24) is 0 Å². The summed E-state index contributed by atoms with van der Waals surface area (Å²) in [4.78, 5) is 2.85. The molecule has 0 aliphatic rings. The zero-order chi connectivity index (χ0) is 5.98. The topological polar surface area (TPSA) is 34.4 Å². The molecular weight excluding hydrogens is 182 g/mol. The van der Waals surface area contributed by atoms with Crippen molar-refractivity contribution >= 4 is 0 Å². The van der Waals surface area contributed by atoms with Crippen LogP contribution in [0.2, 0.25) is 0 Å². The maximum Gasteiger partial charge on any atom is 0.218 e. The lowest BCUT2D eigenvalue weighted by Gasteiger charge is -1.85. The molecule has 0 unspecified atom stereocenters. The average molecular weight is 190 g/mol. The number of nitrogens with one attached hydrogen (secondary N) is 1. The number of pyridine rings is 1. The zero-order valence-electron chi connectivity index (χ0n) is 5.06. The second-order valence-corrected chi connectivity index (χ2v) is 1.68. The number of rotatable bonds is 0. The Morgan fingerprint density at radius 1 is 1.56 bits per heavy atom. The predicted molar refractivity (Wildman–Crippen MR) is 29.4 cm³/mol. The predicted octanol–water partition coefficient (Wildman–Crippen LogP) is -2.48. The van der Waals surface area contributed by atoms with Crippen molar-refractivity contribution in [3.63, 3.8) is 0 Å². The van der Waals surface area contributed by atoms with E-state index >= 15 is 0 Å². The summed E-state index contributed by atoms with van der Waals surface area (Å²) in [6.07, 6.45) is 1.77. The summed E-state index contributed by atoms with van der Waals surface area (Å²) in [7, 11) is 0. The number of H-pyrrole nitrogens is 1. The molecule has 0 aromatic carbocycles. The summed E-state index contributed by atoms with van der Waals surface area (Å²) in [5.74, 6) is 0.313. The summed E-state index contributed by atoms with van der Waals surface area (Å²) < 4.78 is 0. The third-order valence-electron chi connectivity index (χ3n) is 1.03. The largest absolute Gasteiger partial charge is 1.00 e. The van der Waals surface area contributed by atoms with Crippen molar-refractivity contribution in [2.45, 2.75) is 6.92 Å². The van der Waals surface area contributed by atoms with Crippen LogP contribution in [0.15, 0.2) is 18.3 Å². The second kappa shape index (κ2) is 3.45. The average Bonchev–Trinajstić information content (AvgIpc) is 1.77. The van der Waals surface area contributed by atoms with Crippen LogP contribution in [0.4, 0.5) is 0 Å². The number of hydrogen-bond acceptors (Lipinski definition) is 1. The van der Waals surface area contributed by atoms with Gasteiger partial charge in [-0.1, -0.05) is 0 Å². The maximum atomic E-state index is 8.89. The molecule has 9 heavy (non-hydrogen) atoms. The van der Waals surface area contributed by atoms with E-state index < -0.39 is 0 Å². The van der Waals surface area contributed by atoms with Gasteiger partial charge in [0.15, 0.2) is 11.9 Å². The first-order valence-corrected chi connectivity index (χ1v) is 2.47. The molecule has 0 saturated heterocycles. The van der Waals surface area contributed by atoms with Crippen LogP contribution in [0, 0.1) is 6.92 Å². The van der Waals surface area contributed by atoms with Gasteiger partial charge in [-0.15, -0.1) is 0 Å². The molecule has 1 heterocycles. The third kappa shape index (κ3) is 2.01. The Morgan fingerprint density at radius 3 is 2.56 bits per heavy atom. The van der Waals surface area contributed by atoms with Gasteiger partial charge < -0.3 is 22.1 Å². The van der Waals surface area contributed by atoms with E-state index in [2.05, 4.69) is 4.98 Å². The van der Waals surface area contributed by atoms with Crippen molar-refractivity contribution in [1.29, 1.82) is 0 Å². The van der Waals surface area contributed by atoms with Gasteiger partial charge in [0.25, 0.3) is 0 Å². The van der Waals surface area contributed by atoms with E-state index in [4.69, 9.17) is 5.11 Å². The Hall–Kier alpha value is -0.570. The number of aromatic nitrogens is 1. The van der Waals surface area contributed by atoms with Gasteiger partial charge in [-0.05, 0) is 6.07 Å². The first-order valence-electron chi connectivity index (χ1n) is 2.47. The van der Waals surface area contributed by atoms with Crippen LogP contribution in [0.25, 0.3) is 0 Å². The molecule has 2 nitrogen and oxygen atoms in total. The lowest BCUT2D eigenvalue weighted by atomic mass is 10.3. The number of aromatic hydroxyl groups is 1. The standard InChI is InChI=1S/C6H7NO.BrH/c1-5-6(8)3-2-4-7-5;/h2-4,8H,1H3;1H. The number of aromatic amines is 1. The van der Waals surface area contributed by atoms with E-state index in [-0.39, 0.29) is 17.0 Å². The van der Waals surface area contributed by atoms with Crippen LogP contribution in [0.3, 0.4) is 0 Å². The minimum Gasteiger partial charge on any atom is -1.00 e. The monoisotopic (exact) mass is 189 g/mol. The van der Waals surface area contributed by atoms with Crippen molar-refractivity contribution in [2.75, 3.05) is 0 Å². The lowest BCUT2D eigenvalue weighted by molar-refractivity contribution is -0.388. The van der Waals surface area contributed by atoms with E-state index in [0.717, 1.165) is 5.69 Å². The molecule has 1 rings (SSSR count). The van der Waals surface area contributed by atoms with Gasteiger partial charge >= 0.3 is 0 Å². The summed E-state index contributed by atoms with van der Waals surface area (Å²) in [5.41, 5.74) is 0.799. The zero-order valence-corrected chi connectivity index (χ0v) is 6.64. The Morgan fingerprint density at radius 2 is 2.22 bits per heavy atom. The summed E-state index contributed by atoms with van der Waals surface area (Å²) in [6.45, 7) is 1.81. The molecule has 3 heteroatoms. The van der Waals surface area contributed by atoms with Crippen LogP contribution < -0.4 is 22.0 Å². The Balaban J connectivity index is 0.000000640. The molecule has 1 aromatic rings. The molecule has 2 N–H and O–H groups in total. The van der Waals surface area contributed by atoms with Crippen LogP contribution in [0.1, 0.15) is 5.69 Å². The molecule has 50 valence electrons. The van der Waals surface area contributed by atoms with Crippen LogP contribution >= 0.6 is 0 Å². The van der Waals surface area contributed by atoms with E-state index in [1.165, 1.54) is 0 Å². The van der Waals surface area contributed by atoms with Crippen molar-refractivity contribution in [3.8, 4) is 5.75 Å². The highest BCUT2D eigenvalue weighted by atomic mass is 79.9. The molecule has 0 radical (unpaired) electrons. The molecule has 1 aromatic heterocycles. The number of halogens is 1. The quantitative estimate of drug-likeness (QED) is 0.483. The van der Waals surface area contributed by atoms with E-state index in [1.807, 2.05) is 6.92 Å². The van der Waals surface area contributed by atoms with Crippen molar-refractivity contribution < 1.29 is 27.1 Å². The molecule has 0 spiro atoms. The van der Waals surface area contributed by atoms with Crippen LogP contribution in [-0.4, -0.2) is 5.11 Å². The summed E-state index contributed by atoms with van der Waals surface area (Å²) in [6, 6.07) is 3.40. The minimum atomic E-state index is 0. The maximum absolute atomic E-state index is 8.89. The molecule has 0 aliphatic heterocycles.